The molecule has 0 aliphatic rings. The lowest BCUT2D eigenvalue weighted by molar-refractivity contribution is 0.103. The Morgan fingerprint density at radius 3 is 2.82 bits per heavy atom. The van der Waals surface area contributed by atoms with Crippen LogP contribution in [0.25, 0.3) is 10.9 Å². The average molecular weight is 223 g/mol. The van der Waals surface area contributed by atoms with Crippen LogP contribution in [-0.2, 0) is 0 Å². The van der Waals surface area contributed by atoms with Crippen molar-refractivity contribution in [2.75, 3.05) is 0 Å². The number of H-pyrrole nitrogens is 1. The molecule has 4 heteroatoms. The van der Waals surface area contributed by atoms with Crippen LogP contribution in [0.5, 0.6) is 0 Å². The van der Waals surface area contributed by atoms with E-state index in [1.54, 1.807) is 6.07 Å². The zero-order valence-electron chi connectivity index (χ0n) is 8.92. The van der Waals surface area contributed by atoms with Crippen molar-refractivity contribution in [3.05, 3.63) is 60.3 Å². The summed E-state index contributed by atoms with van der Waals surface area (Å²) in [5.41, 5.74) is 1.69. The van der Waals surface area contributed by atoms with Crippen LogP contribution < -0.4 is 0 Å². The minimum atomic E-state index is -0.145. The van der Waals surface area contributed by atoms with Crippen LogP contribution in [0.15, 0.2) is 48.9 Å². The van der Waals surface area contributed by atoms with Crippen molar-refractivity contribution < 1.29 is 4.79 Å². The maximum absolute atomic E-state index is 12.0. The maximum Gasteiger partial charge on any atom is 0.229 e. The van der Waals surface area contributed by atoms with Crippen molar-refractivity contribution in [1.29, 1.82) is 0 Å². The molecular formula is C13H9N3O. The standard InChI is InChI=1S/C13H9N3O/c17-13(12-7-14-8-15-12)11-6-5-9-3-1-2-4-10(9)16-11/h1-8H,(H,14,15). The van der Waals surface area contributed by atoms with Crippen LogP contribution >= 0.6 is 0 Å². The number of aromatic nitrogens is 3. The van der Waals surface area contributed by atoms with Crippen molar-refractivity contribution in [3.63, 3.8) is 0 Å². The second kappa shape index (κ2) is 3.83. The molecule has 3 aromatic rings. The molecular weight excluding hydrogens is 214 g/mol. The number of benzene rings is 1. The largest absolute Gasteiger partial charge is 0.342 e. The Morgan fingerprint density at radius 2 is 2.00 bits per heavy atom. The molecule has 0 unspecified atom stereocenters. The van der Waals surface area contributed by atoms with Gasteiger partial charge in [0.05, 0.1) is 18.0 Å². The van der Waals surface area contributed by atoms with Gasteiger partial charge >= 0.3 is 0 Å². The smallest absolute Gasteiger partial charge is 0.229 e. The zero-order valence-corrected chi connectivity index (χ0v) is 8.92. The number of ketones is 1. The van der Waals surface area contributed by atoms with Crippen LogP contribution in [0.1, 0.15) is 16.2 Å². The fourth-order valence-corrected chi connectivity index (χ4v) is 1.71. The van der Waals surface area contributed by atoms with Crippen molar-refractivity contribution in [3.8, 4) is 0 Å². The predicted molar refractivity (Wildman–Crippen MR) is 63.8 cm³/mol. The van der Waals surface area contributed by atoms with Gasteiger partial charge in [-0.1, -0.05) is 24.3 Å². The Kier molecular flexibility index (Phi) is 2.19. The first-order valence-corrected chi connectivity index (χ1v) is 5.23. The molecule has 3 rings (SSSR count). The number of fused-ring (bicyclic) bond motifs is 1. The monoisotopic (exact) mass is 223 g/mol. The van der Waals surface area contributed by atoms with Crippen LogP contribution in [0.4, 0.5) is 0 Å². The molecule has 0 fully saturated rings. The minimum absolute atomic E-state index is 0.145. The molecule has 17 heavy (non-hydrogen) atoms. The fraction of sp³-hybridized carbons (Fsp3) is 0. The van der Waals surface area contributed by atoms with E-state index in [9.17, 15) is 4.79 Å². The summed E-state index contributed by atoms with van der Waals surface area (Å²) in [6.45, 7) is 0. The van der Waals surface area contributed by atoms with E-state index in [2.05, 4.69) is 15.0 Å². The van der Waals surface area contributed by atoms with Gasteiger partial charge in [-0.05, 0) is 12.1 Å². The van der Waals surface area contributed by atoms with Gasteiger partial charge in [0.15, 0.2) is 0 Å². The summed E-state index contributed by atoms with van der Waals surface area (Å²) >= 11 is 0. The molecule has 1 aromatic carbocycles. The number of hydrogen-bond acceptors (Lipinski definition) is 3. The Balaban J connectivity index is 2.09. The molecule has 0 atom stereocenters. The van der Waals surface area contributed by atoms with Gasteiger partial charge in [0.25, 0.3) is 0 Å². The minimum Gasteiger partial charge on any atom is -0.342 e. The third kappa shape index (κ3) is 1.69. The number of imidazole rings is 1. The second-order valence-corrected chi connectivity index (χ2v) is 3.68. The first-order chi connectivity index (χ1) is 8.34. The number of carbonyl (C=O) groups is 1. The van der Waals surface area contributed by atoms with E-state index >= 15 is 0 Å². The van der Waals surface area contributed by atoms with E-state index in [0.717, 1.165) is 10.9 Å². The summed E-state index contributed by atoms with van der Waals surface area (Å²) in [6, 6.07) is 11.3. The molecule has 0 spiro atoms. The van der Waals surface area contributed by atoms with Crippen molar-refractivity contribution in [2.24, 2.45) is 0 Å². The molecule has 0 aliphatic carbocycles. The summed E-state index contributed by atoms with van der Waals surface area (Å²) in [6.07, 6.45) is 2.98. The maximum atomic E-state index is 12.0. The van der Waals surface area contributed by atoms with Gasteiger partial charge in [0, 0.05) is 5.39 Å². The lowest BCUT2D eigenvalue weighted by Gasteiger charge is -2.00. The highest BCUT2D eigenvalue weighted by Crippen LogP contribution is 2.13. The second-order valence-electron chi connectivity index (χ2n) is 3.68. The van der Waals surface area contributed by atoms with E-state index in [1.165, 1.54) is 12.5 Å². The average Bonchev–Trinajstić information content (AvgIpc) is 2.91. The van der Waals surface area contributed by atoms with E-state index in [1.807, 2.05) is 30.3 Å². The van der Waals surface area contributed by atoms with Gasteiger partial charge in [-0.25, -0.2) is 9.97 Å². The molecule has 2 heterocycles. The molecule has 82 valence electrons. The Hall–Kier alpha value is -2.49. The third-order valence-electron chi connectivity index (χ3n) is 2.57. The molecule has 0 saturated carbocycles. The van der Waals surface area contributed by atoms with Gasteiger partial charge in [0.1, 0.15) is 11.4 Å². The summed E-state index contributed by atoms with van der Waals surface area (Å²) in [5, 5.41) is 1.02. The molecule has 0 aliphatic heterocycles. The summed E-state index contributed by atoms with van der Waals surface area (Å²) in [7, 11) is 0. The number of aromatic amines is 1. The molecule has 0 amide bonds. The zero-order chi connectivity index (χ0) is 11.7. The highest BCUT2D eigenvalue weighted by atomic mass is 16.1. The number of nitrogens with one attached hydrogen (secondary N) is 1. The van der Waals surface area contributed by atoms with Gasteiger partial charge in [-0.2, -0.15) is 0 Å². The Morgan fingerprint density at radius 1 is 1.12 bits per heavy atom. The van der Waals surface area contributed by atoms with Gasteiger partial charge in [-0.3, -0.25) is 4.79 Å². The normalized spacial score (nSPS) is 10.6. The molecule has 2 aromatic heterocycles. The van der Waals surface area contributed by atoms with E-state index in [0.29, 0.717) is 11.4 Å². The van der Waals surface area contributed by atoms with Crippen molar-refractivity contribution in [1.82, 2.24) is 15.0 Å². The quantitative estimate of drug-likeness (QED) is 0.677. The van der Waals surface area contributed by atoms with E-state index in [4.69, 9.17) is 0 Å². The molecule has 0 radical (unpaired) electrons. The van der Waals surface area contributed by atoms with Crippen LogP contribution in [0.2, 0.25) is 0 Å². The number of hydrogen-bond donors (Lipinski definition) is 1. The summed E-state index contributed by atoms with van der Waals surface area (Å²) < 4.78 is 0. The molecule has 0 saturated heterocycles. The number of para-hydroxylation sites is 1. The van der Waals surface area contributed by atoms with Crippen LogP contribution in [0.3, 0.4) is 0 Å². The van der Waals surface area contributed by atoms with Crippen LogP contribution in [0, 0.1) is 0 Å². The number of nitrogens with zero attached hydrogens (tertiary/aromatic N) is 2. The van der Waals surface area contributed by atoms with E-state index in [-0.39, 0.29) is 5.78 Å². The molecule has 1 N–H and O–H groups in total. The topological polar surface area (TPSA) is 58.6 Å². The van der Waals surface area contributed by atoms with Gasteiger partial charge in [-0.15, -0.1) is 0 Å². The highest BCUT2D eigenvalue weighted by Gasteiger charge is 2.11. The SMILES string of the molecule is O=C(c1ccc2ccccc2n1)c1cnc[nH]1. The lowest BCUT2D eigenvalue weighted by Crippen LogP contribution is -2.04. The summed E-state index contributed by atoms with van der Waals surface area (Å²) in [5.74, 6) is -0.145. The first kappa shape index (κ1) is 9.72. The highest BCUT2D eigenvalue weighted by molar-refractivity contribution is 6.07. The van der Waals surface area contributed by atoms with Gasteiger partial charge < -0.3 is 4.98 Å². The molecule has 4 nitrogen and oxygen atoms in total. The van der Waals surface area contributed by atoms with Gasteiger partial charge in [0.2, 0.25) is 5.78 Å². The third-order valence-corrected chi connectivity index (χ3v) is 2.57. The predicted octanol–water partition coefficient (Wildman–Crippen LogP) is 2.19. The Labute approximate surface area is 97.3 Å². The van der Waals surface area contributed by atoms with Crippen LogP contribution in [-0.4, -0.2) is 20.7 Å². The fourth-order valence-electron chi connectivity index (χ4n) is 1.71. The Bertz CT molecular complexity index is 674. The van der Waals surface area contributed by atoms with E-state index < -0.39 is 0 Å². The number of rotatable bonds is 2. The first-order valence-electron chi connectivity index (χ1n) is 5.23. The molecule has 0 bridgehead atoms. The summed E-state index contributed by atoms with van der Waals surface area (Å²) in [4.78, 5) is 23.0. The van der Waals surface area contributed by atoms with Crippen molar-refractivity contribution in [2.45, 2.75) is 0 Å². The van der Waals surface area contributed by atoms with Crippen molar-refractivity contribution >= 4 is 16.7 Å². The number of pyridine rings is 1. The lowest BCUT2D eigenvalue weighted by atomic mass is 10.1. The number of carbonyl (C=O) groups excluding carboxylic acids is 1.